The quantitative estimate of drug-likeness (QED) is 0.364. The molecule has 0 bridgehead atoms. The number of carbonyl (C=O) groups excluding carboxylic acids is 1. The standard InChI is InChI=1S/C22H24ClN3O2S/c1-3-14(2)16-8-11-19-18(13-16)25-21(28-19)15-6-9-17(10-7-15)24-22(29)26-20(27)5-4-12-23/h6-11,13-14H,3-5,12H2,1-2H3,(H2,24,26,27,29). The number of rotatable bonds is 7. The van der Waals surface area contributed by atoms with Crippen molar-refractivity contribution in [2.24, 2.45) is 0 Å². The molecule has 0 radical (unpaired) electrons. The zero-order valence-electron chi connectivity index (χ0n) is 16.5. The molecule has 3 rings (SSSR count). The van der Waals surface area contributed by atoms with Crippen LogP contribution in [0.4, 0.5) is 5.69 Å². The van der Waals surface area contributed by atoms with Crippen LogP contribution in [0.25, 0.3) is 22.6 Å². The third-order valence-corrected chi connectivity index (χ3v) is 5.24. The molecule has 5 nitrogen and oxygen atoms in total. The fraction of sp³-hybridized carbons (Fsp3) is 0.318. The number of nitrogens with one attached hydrogen (secondary N) is 2. The summed E-state index contributed by atoms with van der Waals surface area (Å²) in [5.41, 5.74) is 4.54. The summed E-state index contributed by atoms with van der Waals surface area (Å²) in [6.07, 6.45) is 2.05. The smallest absolute Gasteiger partial charge is 0.227 e. The van der Waals surface area contributed by atoms with Crippen LogP contribution in [-0.2, 0) is 4.79 Å². The Morgan fingerprint density at radius 3 is 2.69 bits per heavy atom. The van der Waals surface area contributed by atoms with E-state index in [9.17, 15) is 4.79 Å². The van der Waals surface area contributed by atoms with Gasteiger partial charge in [0.25, 0.3) is 0 Å². The molecule has 3 aromatic rings. The van der Waals surface area contributed by atoms with E-state index in [1.54, 1.807) is 0 Å². The third-order valence-electron chi connectivity index (χ3n) is 4.77. The monoisotopic (exact) mass is 429 g/mol. The second kappa shape index (κ2) is 9.85. The minimum absolute atomic E-state index is 0.150. The second-order valence-electron chi connectivity index (χ2n) is 6.93. The average molecular weight is 430 g/mol. The number of oxazole rings is 1. The van der Waals surface area contributed by atoms with Crippen molar-refractivity contribution in [2.75, 3.05) is 11.2 Å². The maximum atomic E-state index is 11.7. The molecule has 0 aliphatic rings. The Bertz CT molecular complexity index is 1000. The summed E-state index contributed by atoms with van der Waals surface area (Å²) in [5, 5.41) is 5.90. The summed E-state index contributed by atoms with van der Waals surface area (Å²) >= 11 is 10.8. The number of hydrogen-bond acceptors (Lipinski definition) is 4. The van der Waals surface area contributed by atoms with E-state index in [1.807, 2.05) is 30.3 Å². The van der Waals surface area contributed by atoms with Gasteiger partial charge in [-0.2, -0.15) is 0 Å². The molecule has 1 unspecified atom stereocenters. The summed E-state index contributed by atoms with van der Waals surface area (Å²) in [4.78, 5) is 16.3. The number of anilines is 1. The number of hydrogen-bond donors (Lipinski definition) is 2. The van der Waals surface area contributed by atoms with Crippen LogP contribution in [0.5, 0.6) is 0 Å². The van der Waals surface area contributed by atoms with Gasteiger partial charge in [-0.25, -0.2) is 4.98 Å². The molecule has 0 spiro atoms. The normalized spacial score (nSPS) is 12.0. The van der Waals surface area contributed by atoms with Crippen LogP contribution >= 0.6 is 23.8 Å². The largest absolute Gasteiger partial charge is 0.436 e. The van der Waals surface area contributed by atoms with Gasteiger partial charge in [-0.1, -0.05) is 19.9 Å². The van der Waals surface area contributed by atoms with Crippen LogP contribution < -0.4 is 10.6 Å². The first-order valence-corrected chi connectivity index (χ1v) is 10.6. The highest BCUT2D eigenvalue weighted by molar-refractivity contribution is 7.80. The lowest BCUT2D eigenvalue weighted by atomic mass is 9.98. The van der Waals surface area contributed by atoms with E-state index < -0.39 is 0 Å². The van der Waals surface area contributed by atoms with E-state index in [4.69, 9.17) is 28.2 Å². The number of nitrogens with zero attached hydrogens (tertiary/aromatic N) is 1. The first-order valence-electron chi connectivity index (χ1n) is 9.68. The number of halogens is 1. The lowest BCUT2D eigenvalue weighted by Crippen LogP contribution is -2.33. The van der Waals surface area contributed by atoms with Crippen molar-refractivity contribution in [3.05, 3.63) is 48.0 Å². The SMILES string of the molecule is CCC(C)c1ccc2oc(-c3ccc(NC(=S)NC(=O)CCCCl)cc3)nc2c1. The number of carbonyl (C=O) groups is 1. The van der Waals surface area contributed by atoms with Crippen molar-refractivity contribution in [1.29, 1.82) is 0 Å². The number of fused-ring (bicyclic) bond motifs is 1. The van der Waals surface area contributed by atoms with Gasteiger partial charge >= 0.3 is 0 Å². The van der Waals surface area contributed by atoms with Gasteiger partial charge in [0.15, 0.2) is 10.7 Å². The van der Waals surface area contributed by atoms with Gasteiger partial charge in [-0.15, -0.1) is 11.6 Å². The molecular weight excluding hydrogens is 406 g/mol. The van der Waals surface area contributed by atoms with E-state index in [2.05, 4.69) is 41.6 Å². The van der Waals surface area contributed by atoms with E-state index in [0.29, 0.717) is 30.5 Å². The van der Waals surface area contributed by atoms with Crippen LogP contribution in [0.1, 0.15) is 44.6 Å². The molecule has 1 heterocycles. The molecule has 2 N–H and O–H groups in total. The third kappa shape index (κ3) is 5.55. The number of alkyl halides is 1. The van der Waals surface area contributed by atoms with Gasteiger partial charge in [-0.3, -0.25) is 4.79 Å². The van der Waals surface area contributed by atoms with Crippen molar-refractivity contribution in [3.63, 3.8) is 0 Å². The topological polar surface area (TPSA) is 67.2 Å². The molecule has 0 fully saturated rings. The summed E-state index contributed by atoms with van der Waals surface area (Å²) in [6.45, 7) is 4.38. The Morgan fingerprint density at radius 1 is 1.24 bits per heavy atom. The molecule has 1 atom stereocenters. The molecule has 152 valence electrons. The summed E-state index contributed by atoms with van der Waals surface area (Å²) in [5.74, 6) is 1.36. The van der Waals surface area contributed by atoms with Crippen LogP contribution in [-0.4, -0.2) is 21.9 Å². The van der Waals surface area contributed by atoms with Gasteiger partial charge < -0.3 is 15.1 Å². The van der Waals surface area contributed by atoms with Crippen LogP contribution in [0, 0.1) is 0 Å². The molecule has 0 aliphatic heterocycles. The predicted molar refractivity (Wildman–Crippen MR) is 122 cm³/mol. The van der Waals surface area contributed by atoms with E-state index in [-0.39, 0.29) is 11.0 Å². The first-order chi connectivity index (χ1) is 14.0. The zero-order valence-corrected chi connectivity index (χ0v) is 18.1. The summed E-state index contributed by atoms with van der Waals surface area (Å²) < 4.78 is 5.91. The first kappa shape index (κ1) is 21.3. The molecular formula is C22H24ClN3O2S. The fourth-order valence-corrected chi connectivity index (χ4v) is 3.25. The maximum Gasteiger partial charge on any atom is 0.227 e. The molecule has 1 aromatic heterocycles. The lowest BCUT2D eigenvalue weighted by Gasteiger charge is -2.09. The second-order valence-corrected chi connectivity index (χ2v) is 7.71. The van der Waals surface area contributed by atoms with Gasteiger partial charge in [-0.05, 0) is 72.9 Å². The Hall–Kier alpha value is -2.44. The zero-order chi connectivity index (χ0) is 20.8. The average Bonchev–Trinajstić information content (AvgIpc) is 3.15. The van der Waals surface area contributed by atoms with E-state index in [0.717, 1.165) is 28.8 Å². The predicted octanol–water partition coefficient (Wildman–Crippen LogP) is 5.84. The van der Waals surface area contributed by atoms with Gasteiger partial charge in [0.1, 0.15) is 5.52 Å². The van der Waals surface area contributed by atoms with Gasteiger partial charge in [0.2, 0.25) is 11.8 Å². The van der Waals surface area contributed by atoms with Crippen molar-refractivity contribution < 1.29 is 9.21 Å². The fourth-order valence-electron chi connectivity index (χ4n) is 2.89. The highest BCUT2D eigenvalue weighted by atomic mass is 35.5. The Balaban J connectivity index is 1.68. The number of amides is 1. The van der Waals surface area contributed by atoms with Crippen molar-refractivity contribution in [2.45, 2.75) is 39.0 Å². The lowest BCUT2D eigenvalue weighted by molar-refractivity contribution is -0.119. The van der Waals surface area contributed by atoms with Gasteiger partial charge in [0, 0.05) is 23.6 Å². The molecule has 0 saturated heterocycles. The van der Waals surface area contributed by atoms with E-state index in [1.165, 1.54) is 5.56 Å². The van der Waals surface area contributed by atoms with Crippen LogP contribution in [0.3, 0.4) is 0 Å². The Kier molecular flexibility index (Phi) is 7.23. The Labute approximate surface area is 180 Å². The number of thiocarbonyl (C=S) groups is 1. The highest BCUT2D eigenvalue weighted by Crippen LogP contribution is 2.28. The highest BCUT2D eigenvalue weighted by Gasteiger charge is 2.11. The molecule has 1 amide bonds. The van der Waals surface area contributed by atoms with Crippen molar-refractivity contribution in [3.8, 4) is 11.5 Å². The number of aromatic nitrogens is 1. The van der Waals surface area contributed by atoms with Crippen LogP contribution in [0.2, 0.25) is 0 Å². The van der Waals surface area contributed by atoms with Gasteiger partial charge in [0.05, 0.1) is 0 Å². The maximum absolute atomic E-state index is 11.7. The minimum Gasteiger partial charge on any atom is -0.436 e. The van der Waals surface area contributed by atoms with Crippen molar-refractivity contribution in [1.82, 2.24) is 10.3 Å². The summed E-state index contributed by atoms with van der Waals surface area (Å²) in [7, 11) is 0. The molecule has 0 aliphatic carbocycles. The molecule has 29 heavy (non-hydrogen) atoms. The molecule has 0 saturated carbocycles. The van der Waals surface area contributed by atoms with E-state index >= 15 is 0 Å². The molecule has 7 heteroatoms. The summed E-state index contributed by atoms with van der Waals surface area (Å²) in [6, 6.07) is 13.7. The van der Waals surface area contributed by atoms with Crippen molar-refractivity contribution >= 4 is 51.6 Å². The molecule has 2 aromatic carbocycles. The van der Waals surface area contributed by atoms with Crippen LogP contribution in [0.15, 0.2) is 46.9 Å². The Morgan fingerprint density at radius 2 is 2.00 bits per heavy atom. The minimum atomic E-state index is -0.150. The number of benzene rings is 2.